The number of methoxy groups -OCH3 is 1. The van der Waals surface area contributed by atoms with E-state index in [2.05, 4.69) is 9.88 Å². The van der Waals surface area contributed by atoms with Crippen LogP contribution in [0.2, 0.25) is 0 Å². The van der Waals surface area contributed by atoms with Crippen molar-refractivity contribution in [3.05, 3.63) is 50.5 Å². The second-order valence-electron chi connectivity index (χ2n) is 8.25. The number of nitrogens with one attached hydrogen (secondary N) is 1. The molecule has 0 amide bonds. The smallest absolute Gasteiger partial charge is 1.00 e. The second-order valence-corrected chi connectivity index (χ2v) is 8.25. The van der Waals surface area contributed by atoms with Crippen LogP contribution in [0.1, 0.15) is 52.8 Å². The van der Waals surface area contributed by atoms with Gasteiger partial charge in [-0.25, -0.2) is 4.79 Å². The molecule has 31 heavy (non-hydrogen) atoms. The first-order chi connectivity index (χ1) is 14.6. The van der Waals surface area contributed by atoms with Gasteiger partial charge in [0.1, 0.15) is 0 Å². The number of carbonyl (C=O) groups excluding carboxylic acids is 1. The van der Waals surface area contributed by atoms with E-state index in [9.17, 15) is 14.4 Å². The standard InChI is InChI=1S/C23H29N3O4.Na.H/c1-30-23(29)17-15-25(16-9-5-3-2-4-6-10-16)14-13-19(17)26-20-12-8-7-11-18(20)24-21(27)22(26)28;;/h7-8,11-12,16H,2-6,9-10,13-15H2,1H3,(H,24,27);;/q;+1;-1. The number of aromatic amines is 1. The zero-order valence-electron chi connectivity index (χ0n) is 19.5. The number of nitrogens with zero attached hydrogens (tertiary/aromatic N) is 2. The third-order valence-corrected chi connectivity index (χ3v) is 6.43. The summed E-state index contributed by atoms with van der Waals surface area (Å²) < 4.78 is 6.49. The van der Waals surface area contributed by atoms with E-state index in [4.69, 9.17) is 4.74 Å². The van der Waals surface area contributed by atoms with Crippen LogP contribution in [0.25, 0.3) is 16.7 Å². The number of hydrogen-bond donors (Lipinski definition) is 1. The summed E-state index contributed by atoms with van der Waals surface area (Å²) >= 11 is 0. The van der Waals surface area contributed by atoms with Gasteiger partial charge in [0.2, 0.25) is 0 Å². The number of benzene rings is 1. The van der Waals surface area contributed by atoms with Crippen LogP contribution in [0.5, 0.6) is 0 Å². The molecule has 0 radical (unpaired) electrons. The quantitative estimate of drug-likeness (QED) is 0.417. The van der Waals surface area contributed by atoms with Gasteiger partial charge >= 0.3 is 46.6 Å². The van der Waals surface area contributed by atoms with Crippen molar-refractivity contribution in [3.63, 3.8) is 0 Å². The van der Waals surface area contributed by atoms with Crippen LogP contribution >= 0.6 is 0 Å². The van der Waals surface area contributed by atoms with E-state index in [0.717, 1.165) is 19.4 Å². The maximum Gasteiger partial charge on any atom is 1.00 e. The van der Waals surface area contributed by atoms with Gasteiger partial charge in [0.25, 0.3) is 0 Å². The van der Waals surface area contributed by atoms with E-state index in [1.165, 1.54) is 43.8 Å². The summed E-state index contributed by atoms with van der Waals surface area (Å²) in [4.78, 5) is 42.8. The minimum absolute atomic E-state index is 0. The van der Waals surface area contributed by atoms with Crippen molar-refractivity contribution < 1.29 is 40.5 Å². The third kappa shape index (κ3) is 5.06. The van der Waals surface area contributed by atoms with Gasteiger partial charge in [-0.05, 0) is 25.0 Å². The Balaban J connectivity index is 0.00000181. The van der Waals surface area contributed by atoms with Crippen molar-refractivity contribution in [2.75, 3.05) is 20.2 Å². The molecule has 0 atom stereocenters. The van der Waals surface area contributed by atoms with Crippen molar-refractivity contribution in [1.82, 2.24) is 14.5 Å². The molecule has 4 rings (SSSR count). The molecule has 1 aliphatic carbocycles. The number of para-hydroxylation sites is 2. The minimum Gasteiger partial charge on any atom is -1.00 e. The Kier molecular flexibility index (Phi) is 8.33. The van der Waals surface area contributed by atoms with Gasteiger partial charge in [0, 0.05) is 31.2 Å². The Hall–Kier alpha value is -1.67. The number of fused-ring (bicyclic) bond motifs is 1. The summed E-state index contributed by atoms with van der Waals surface area (Å²) in [5.41, 5.74) is 0.872. The maximum absolute atomic E-state index is 12.8. The summed E-state index contributed by atoms with van der Waals surface area (Å²) in [6.45, 7) is 1.20. The van der Waals surface area contributed by atoms with Gasteiger partial charge in [-0.1, -0.05) is 44.2 Å². The molecule has 1 aromatic carbocycles. The predicted molar refractivity (Wildman–Crippen MR) is 117 cm³/mol. The molecule has 1 N–H and O–H groups in total. The van der Waals surface area contributed by atoms with E-state index >= 15 is 0 Å². The first-order valence-corrected chi connectivity index (χ1v) is 10.9. The number of esters is 1. The Morgan fingerprint density at radius 3 is 2.48 bits per heavy atom. The van der Waals surface area contributed by atoms with Crippen LogP contribution in [0.4, 0.5) is 0 Å². The number of carbonyl (C=O) groups is 1. The molecular formula is C23H30N3NaO4. The van der Waals surface area contributed by atoms with Crippen LogP contribution < -0.4 is 40.7 Å². The van der Waals surface area contributed by atoms with E-state index in [1.807, 2.05) is 6.07 Å². The van der Waals surface area contributed by atoms with E-state index < -0.39 is 17.1 Å². The van der Waals surface area contributed by atoms with Crippen LogP contribution in [0.3, 0.4) is 0 Å². The summed E-state index contributed by atoms with van der Waals surface area (Å²) in [5, 5.41) is 0. The monoisotopic (exact) mass is 435 g/mol. The first-order valence-electron chi connectivity index (χ1n) is 10.9. The molecule has 0 bridgehead atoms. The van der Waals surface area contributed by atoms with Crippen LogP contribution in [0, 0.1) is 0 Å². The van der Waals surface area contributed by atoms with Gasteiger partial charge in [0.15, 0.2) is 0 Å². The molecule has 8 heteroatoms. The van der Waals surface area contributed by atoms with Gasteiger partial charge in [-0.15, -0.1) is 0 Å². The van der Waals surface area contributed by atoms with Crippen molar-refractivity contribution >= 4 is 22.7 Å². The Morgan fingerprint density at radius 1 is 1.10 bits per heavy atom. The molecule has 1 aromatic heterocycles. The number of ether oxygens (including phenoxy) is 1. The van der Waals surface area contributed by atoms with Crippen molar-refractivity contribution in [1.29, 1.82) is 0 Å². The number of rotatable bonds is 3. The van der Waals surface area contributed by atoms with Crippen molar-refractivity contribution in [2.24, 2.45) is 0 Å². The fourth-order valence-corrected chi connectivity index (χ4v) is 4.87. The second kappa shape index (κ2) is 10.8. The van der Waals surface area contributed by atoms with Crippen molar-refractivity contribution in [2.45, 2.75) is 57.4 Å². The topological polar surface area (TPSA) is 84.4 Å². The molecule has 2 aliphatic rings. The largest absolute Gasteiger partial charge is 1.00 e. The fourth-order valence-electron chi connectivity index (χ4n) is 4.87. The average molecular weight is 436 g/mol. The summed E-state index contributed by atoms with van der Waals surface area (Å²) in [6, 6.07) is 7.61. The molecule has 162 valence electrons. The molecule has 2 aromatic rings. The average Bonchev–Trinajstić information content (AvgIpc) is 2.74. The van der Waals surface area contributed by atoms with Crippen LogP contribution in [-0.2, 0) is 9.53 Å². The Morgan fingerprint density at radius 2 is 1.77 bits per heavy atom. The molecule has 0 spiro atoms. The molecule has 2 heterocycles. The summed E-state index contributed by atoms with van der Waals surface area (Å²) in [7, 11) is 1.36. The maximum atomic E-state index is 12.8. The molecule has 7 nitrogen and oxygen atoms in total. The third-order valence-electron chi connectivity index (χ3n) is 6.43. The molecule has 1 aliphatic heterocycles. The SMILES string of the molecule is COC(=O)C1=C(n2c(=O)c(=O)[nH]c3ccccc32)CCN(C2CCCCCCC2)C1.[H-].[Na+]. The zero-order chi connectivity index (χ0) is 21.1. The van der Waals surface area contributed by atoms with Gasteiger partial charge in [0.05, 0.1) is 23.7 Å². The number of H-pyrrole nitrogens is 1. The van der Waals surface area contributed by atoms with E-state index in [-0.39, 0.29) is 31.0 Å². The first kappa shape index (κ1) is 24.0. The van der Waals surface area contributed by atoms with Crippen molar-refractivity contribution in [3.8, 4) is 0 Å². The summed E-state index contributed by atoms with van der Waals surface area (Å²) in [5.74, 6) is -0.434. The normalized spacial score (nSPS) is 18.9. The Labute approximate surface area is 205 Å². The molecular weight excluding hydrogens is 405 g/mol. The minimum atomic E-state index is -0.687. The summed E-state index contributed by atoms with van der Waals surface area (Å²) in [6.07, 6.45) is 9.06. The number of aromatic nitrogens is 2. The number of hydrogen-bond acceptors (Lipinski definition) is 5. The van der Waals surface area contributed by atoms with Gasteiger partial charge in [-0.3, -0.25) is 19.1 Å². The van der Waals surface area contributed by atoms with E-state index in [0.29, 0.717) is 41.3 Å². The van der Waals surface area contributed by atoms with Crippen LogP contribution in [0.15, 0.2) is 39.4 Å². The Bertz CT molecular complexity index is 1090. The predicted octanol–water partition coefficient (Wildman–Crippen LogP) is 0.00900. The molecule has 0 unspecified atom stereocenters. The van der Waals surface area contributed by atoms with Gasteiger partial charge < -0.3 is 11.1 Å². The van der Waals surface area contributed by atoms with Crippen LogP contribution in [-0.4, -0.2) is 46.7 Å². The molecule has 0 saturated heterocycles. The fraction of sp³-hybridized carbons (Fsp3) is 0.522. The molecule has 1 saturated carbocycles. The van der Waals surface area contributed by atoms with Gasteiger partial charge in [-0.2, -0.15) is 0 Å². The molecule has 1 fully saturated rings. The van der Waals surface area contributed by atoms with E-state index in [1.54, 1.807) is 18.2 Å². The zero-order valence-corrected chi connectivity index (χ0v) is 20.5.